The highest BCUT2D eigenvalue weighted by Gasteiger charge is 2.26. The number of morpholine rings is 1. The number of pyridine rings is 1. The van der Waals surface area contributed by atoms with Crippen molar-refractivity contribution in [3.63, 3.8) is 0 Å². The number of aliphatic hydroxyl groups excluding tert-OH is 1. The molecule has 2 aliphatic heterocycles. The number of rotatable bonds is 8. The Bertz CT molecular complexity index is 1140. The van der Waals surface area contributed by atoms with Gasteiger partial charge in [-0.3, -0.25) is 4.79 Å². The summed E-state index contributed by atoms with van der Waals surface area (Å²) >= 11 is 0. The predicted octanol–water partition coefficient (Wildman–Crippen LogP) is 2.55. The van der Waals surface area contributed by atoms with Gasteiger partial charge in [-0.15, -0.1) is 0 Å². The Morgan fingerprint density at radius 3 is 2.81 bits per heavy atom. The summed E-state index contributed by atoms with van der Waals surface area (Å²) < 4.78 is 10.6. The fourth-order valence-electron chi connectivity index (χ4n) is 4.32. The molecule has 2 N–H and O–H groups in total. The number of aryl methyl sites for hydroxylation is 1. The summed E-state index contributed by atoms with van der Waals surface area (Å²) in [5.41, 5.74) is 5.13. The molecule has 1 amide bonds. The average Bonchev–Trinajstić information content (AvgIpc) is 2.90. The van der Waals surface area contributed by atoms with Crippen LogP contribution in [0.15, 0.2) is 54.5 Å². The highest BCUT2D eigenvalue weighted by molar-refractivity contribution is 6.05. The van der Waals surface area contributed by atoms with Crippen molar-refractivity contribution in [1.82, 2.24) is 14.8 Å². The topological polar surface area (TPSA) is 90.4 Å². The highest BCUT2D eigenvalue weighted by Crippen LogP contribution is 2.31. The number of benzene rings is 1. The lowest BCUT2D eigenvalue weighted by Gasteiger charge is -2.38. The van der Waals surface area contributed by atoms with Gasteiger partial charge in [-0.1, -0.05) is 6.07 Å². The first kappa shape index (κ1) is 25.7. The Balaban J connectivity index is 1.55. The predicted molar refractivity (Wildman–Crippen MR) is 141 cm³/mol. The van der Waals surface area contributed by atoms with Crippen molar-refractivity contribution < 1.29 is 19.4 Å². The van der Waals surface area contributed by atoms with Crippen LogP contribution in [-0.2, 0) is 9.47 Å². The zero-order chi connectivity index (χ0) is 25.7. The summed E-state index contributed by atoms with van der Waals surface area (Å²) in [4.78, 5) is 23.4. The molecule has 1 atom stereocenters. The van der Waals surface area contributed by atoms with E-state index < -0.39 is 6.23 Å². The van der Waals surface area contributed by atoms with Gasteiger partial charge in [0.05, 0.1) is 25.5 Å². The number of methoxy groups -OCH3 is 1. The van der Waals surface area contributed by atoms with Gasteiger partial charge in [0.1, 0.15) is 5.82 Å². The number of aromatic nitrogens is 1. The van der Waals surface area contributed by atoms with E-state index in [1.165, 1.54) is 0 Å². The molecule has 2 aromatic rings. The molecule has 4 rings (SSSR count). The number of carbonyl (C=O) groups excluding carboxylic acids is 1. The van der Waals surface area contributed by atoms with E-state index in [2.05, 4.69) is 15.2 Å². The van der Waals surface area contributed by atoms with Gasteiger partial charge in [0.15, 0.2) is 6.23 Å². The van der Waals surface area contributed by atoms with Crippen LogP contribution in [0.3, 0.4) is 0 Å². The maximum Gasteiger partial charge on any atom is 0.255 e. The summed E-state index contributed by atoms with van der Waals surface area (Å²) in [5, 5.41) is 13.8. The summed E-state index contributed by atoms with van der Waals surface area (Å²) in [5.74, 6) is 0.502. The van der Waals surface area contributed by atoms with Crippen molar-refractivity contribution in [3.8, 4) is 0 Å². The molecule has 2 aliphatic rings. The van der Waals surface area contributed by atoms with E-state index in [1.807, 2.05) is 61.3 Å². The Kier molecular flexibility index (Phi) is 8.25. The zero-order valence-electron chi connectivity index (χ0n) is 21.4. The van der Waals surface area contributed by atoms with Crippen molar-refractivity contribution >= 4 is 23.0 Å². The van der Waals surface area contributed by atoms with E-state index in [9.17, 15) is 9.90 Å². The van der Waals surface area contributed by atoms with Crippen LogP contribution in [0.4, 0.5) is 11.5 Å². The number of anilines is 2. The first-order chi connectivity index (χ1) is 17.4. The van der Waals surface area contributed by atoms with Gasteiger partial charge >= 0.3 is 0 Å². The average molecular weight is 494 g/mol. The number of allylic oxidation sites excluding steroid dienone is 2. The maximum absolute atomic E-state index is 13.1. The molecule has 36 heavy (non-hydrogen) atoms. The van der Waals surface area contributed by atoms with Gasteiger partial charge < -0.3 is 34.6 Å². The zero-order valence-corrected chi connectivity index (χ0v) is 21.4. The lowest BCUT2D eigenvalue weighted by atomic mass is 9.97. The number of nitrogens with one attached hydrogen (secondary N) is 1. The molecule has 192 valence electrons. The molecule has 9 heteroatoms. The largest absolute Gasteiger partial charge is 0.383 e. The molecule has 0 radical (unpaired) electrons. The number of hydrogen-bond acceptors (Lipinski definition) is 8. The minimum Gasteiger partial charge on any atom is -0.383 e. The Labute approximate surface area is 212 Å². The lowest BCUT2D eigenvalue weighted by Crippen LogP contribution is -2.44. The fraction of sp³-hybridized carbons (Fsp3) is 0.407. The number of ether oxygens (including phenoxy) is 2. The van der Waals surface area contributed by atoms with Crippen molar-refractivity contribution in [2.75, 3.05) is 70.9 Å². The molecule has 3 heterocycles. The first-order valence-corrected chi connectivity index (χ1v) is 12.1. The molecular weight excluding hydrogens is 458 g/mol. The van der Waals surface area contributed by atoms with Crippen LogP contribution in [0.2, 0.25) is 0 Å². The second kappa shape index (κ2) is 11.6. The van der Waals surface area contributed by atoms with Crippen molar-refractivity contribution in [1.29, 1.82) is 0 Å². The summed E-state index contributed by atoms with van der Waals surface area (Å²) in [6, 6.07) is 9.35. The van der Waals surface area contributed by atoms with Crippen LogP contribution in [0, 0.1) is 6.92 Å². The minimum absolute atomic E-state index is 0.205. The molecule has 1 aromatic carbocycles. The number of amides is 1. The monoisotopic (exact) mass is 493 g/mol. The fourth-order valence-corrected chi connectivity index (χ4v) is 4.32. The van der Waals surface area contributed by atoms with Gasteiger partial charge in [0.25, 0.3) is 5.91 Å². The Morgan fingerprint density at radius 2 is 2.06 bits per heavy atom. The van der Waals surface area contributed by atoms with Crippen molar-refractivity contribution in [2.24, 2.45) is 0 Å². The summed E-state index contributed by atoms with van der Waals surface area (Å²) in [6.45, 7) is 6.07. The molecule has 1 aromatic heterocycles. The second-order valence-electron chi connectivity index (χ2n) is 9.09. The van der Waals surface area contributed by atoms with E-state index in [1.54, 1.807) is 25.4 Å². The Morgan fingerprint density at radius 1 is 1.28 bits per heavy atom. The van der Waals surface area contributed by atoms with Gasteiger partial charge in [0.2, 0.25) is 0 Å². The van der Waals surface area contributed by atoms with Gasteiger partial charge in [-0.25, -0.2) is 4.98 Å². The van der Waals surface area contributed by atoms with Crippen molar-refractivity contribution in [2.45, 2.75) is 13.2 Å². The summed E-state index contributed by atoms with van der Waals surface area (Å²) in [6.07, 6.45) is 4.90. The first-order valence-electron chi connectivity index (χ1n) is 12.1. The van der Waals surface area contributed by atoms with Crippen molar-refractivity contribution in [3.05, 3.63) is 71.2 Å². The molecule has 0 bridgehead atoms. The van der Waals surface area contributed by atoms with Gasteiger partial charge in [-0.2, -0.15) is 0 Å². The van der Waals surface area contributed by atoms with E-state index in [4.69, 9.17) is 9.47 Å². The third-order valence-electron chi connectivity index (χ3n) is 6.51. The van der Waals surface area contributed by atoms with Crippen LogP contribution in [-0.4, -0.2) is 92.7 Å². The number of nitrogens with zero attached hydrogens (tertiary/aromatic N) is 4. The summed E-state index contributed by atoms with van der Waals surface area (Å²) in [7, 11) is 5.44. The van der Waals surface area contributed by atoms with E-state index >= 15 is 0 Å². The maximum atomic E-state index is 13.1. The number of aliphatic hydroxyl groups is 1. The lowest BCUT2D eigenvalue weighted by molar-refractivity contribution is 0.0128. The van der Waals surface area contributed by atoms with Crippen LogP contribution in [0.25, 0.3) is 5.57 Å². The van der Waals surface area contributed by atoms with E-state index in [0.717, 1.165) is 35.5 Å². The van der Waals surface area contributed by atoms with E-state index in [-0.39, 0.29) is 5.91 Å². The molecule has 0 spiro atoms. The molecule has 9 nitrogen and oxygen atoms in total. The number of likely N-dealkylation sites (N-methyl/N-ethyl adjacent to an activating group) is 2. The van der Waals surface area contributed by atoms with Gasteiger partial charge in [0, 0.05) is 64.5 Å². The van der Waals surface area contributed by atoms with Crippen LogP contribution < -0.4 is 10.2 Å². The number of carbonyl (C=O) groups is 1. The third-order valence-corrected chi connectivity index (χ3v) is 6.51. The quantitative estimate of drug-likeness (QED) is 0.580. The molecule has 1 unspecified atom stereocenters. The Hall–Kier alpha value is -3.40. The third kappa shape index (κ3) is 5.87. The molecule has 0 saturated carbocycles. The molecule has 1 fully saturated rings. The van der Waals surface area contributed by atoms with Crippen LogP contribution in [0.1, 0.15) is 21.5 Å². The van der Waals surface area contributed by atoms with Crippen LogP contribution in [0.5, 0.6) is 0 Å². The normalized spacial score (nSPS) is 18.0. The second-order valence-corrected chi connectivity index (χ2v) is 9.09. The molecular formula is C27H35N5O4. The van der Waals surface area contributed by atoms with Crippen LogP contribution >= 0.6 is 0 Å². The number of hydrogen-bond donors (Lipinski definition) is 2. The van der Waals surface area contributed by atoms with E-state index in [0.29, 0.717) is 43.4 Å². The standard InChI is InChI=1S/C27H35N5O4/c1-19-5-6-22(29-26(33)20-7-8-28-25(16-20)30(2)9-12-35-4)17-23(19)21-15-24(27(34)31(3)18-21)32-10-13-36-14-11-32/h5-8,15-18,27,34H,9-14H2,1-4H3,(H,29,33). The smallest absolute Gasteiger partial charge is 0.255 e. The molecule has 0 aliphatic carbocycles. The SMILES string of the molecule is COCCN(C)c1cc(C(=O)Nc2ccc(C)c(C3=CN(C)C(O)C(N4CCOCC4)=C3)c2)ccn1. The molecule has 1 saturated heterocycles. The minimum atomic E-state index is -0.710. The highest BCUT2D eigenvalue weighted by atomic mass is 16.5. The van der Waals surface area contributed by atoms with Gasteiger partial charge in [-0.05, 0) is 54.0 Å².